The van der Waals surface area contributed by atoms with Crippen molar-refractivity contribution in [2.45, 2.75) is 19.4 Å². The van der Waals surface area contributed by atoms with E-state index in [2.05, 4.69) is 0 Å². The maximum atomic E-state index is 12.9. The molecule has 0 aliphatic rings. The van der Waals surface area contributed by atoms with Crippen LogP contribution in [0.5, 0.6) is 0 Å². The Morgan fingerprint density at radius 2 is 2.25 bits per heavy atom. The predicted molar refractivity (Wildman–Crippen MR) is 60.7 cm³/mol. The SMILES string of the molecule is CC(O)CCN(C)c1ccc(F)cc1C#N. The molecule has 0 bridgehead atoms. The van der Waals surface area contributed by atoms with Gasteiger partial charge in [-0.05, 0) is 31.5 Å². The molecule has 1 N–H and O–H groups in total. The standard InChI is InChI=1S/C12H15FN2O/c1-9(16)5-6-15(2)12-4-3-11(13)7-10(12)8-14/h3-4,7,9,16H,5-6H2,1-2H3. The first kappa shape index (κ1) is 12.5. The van der Waals surface area contributed by atoms with Gasteiger partial charge in [0, 0.05) is 13.6 Å². The third-order valence-electron chi connectivity index (χ3n) is 2.37. The molecule has 1 unspecified atom stereocenters. The molecule has 4 heteroatoms. The highest BCUT2D eigenvalue weighted by atomic mass is 19.1. The number of nitrogens with zero attached hydrogens (tertiary/aromatic N) is 2. The highest BCUT2D eigenvalue weighted by Crippen LogP contribution is 2.20. The van der Waals surface area contributed by atoms with Crippen molar-refractivity contribution in [2.75, 3.05) is 18.5 Å². The van der Waals surface area contributed by atoms with Gasteiger partial charge in [-0.1, -0.05) is 0 Å². The topological polar surface area (TPSA) is 47.3 Å². The lowest BCUT2D eigenvalue weighted by Crippen LogP contribution is -2.22. The molecule has 1 atom stereocenters. The Balaban J connectivity index is 2.83. The van der Waals surface area contributed by atoms with Crippen LogP contribution in [-0.4, -0.2) is 24.8 Å². The lowest BCUT2D eigenvalue weighted by atomic mass is 10.1. The molecule has 0 radical (unpaired) electrons. The largest absolute Gasteiger partial charge is 0.393 e. The van der Waals surface area contributed by atoms with Gasteiger partial charge in [0.1, 0.15) is 11.9 Å². The van der Waals surface area contributed by atoms with E-state index in [0.717, 1.165) is 0 Å². The molecule has 16 heavy (non-hydrogen) atoms. The molecule has 1 aromatic carbocycles. The molecule has 86 valence electrons. The van der Waals surface area contributed by atoms with Crippen molar-refractivity contribution in [3.05, 3.63) is 29.6 Å². The van der Waals surface area contributed by atoms with Gasteiger partial charge in [-0.25, -0.2) is 4.39 Å². The van der Waals surface area contributed by atoms with Crippen LogP contribution >= 0.6 is 0 Å². The van der Waals surface area contributed by atoms with E-state index in [0.29, 0.717) is 24.2 Å². The lowest BCUT2D eigenvalue weighted by Gasteiger charge is -2.21. The van der Waals surface area contributed by atoms with Crippen LogP contribution in [0.15, 0.2) is 18.2 Å². The Hall–Kier alpha value is -1.60. The monoisotopic (exact) mass is 222 g/mol. The van der Waals surface area contributed by atoms with E-state index in [1.54, 1.807) is 13.0 Å². The summed E-state index contributed by atoms with van der Waals surface area (Å²) in [5.74, 6) is -0.413. The van der Waals surface area contributed by atoms with Crippen molar-refractivity contribution >= 4 is 5.69 Å². The summed E-state index contributed by atoms with van der Waals surface area (Å²) in [4.78, 5) is 1.84. The van der Waals surface area contributed by atoms with Crippen LogP contribution < -0.4 is 4.90 Å². The van der Waals surface area contributed by atoms with Crippen molar-refractivity contribution in [1.82, 2.24) is 0 Å². The average molecular weight is 222 g/mol. The number of anilines is 1. The molecule has 0 fully saturated rings. The number of halogens is 1. The fourth-order valence-electron chi connectivity index (χ4n) is 1.43. The fraction of sp³-hybridized carbons (Fsp3) is 0.417. The van der Waals surface area contributed by atoms with Crippen molar-refractivity contribution < 1.29 is 9.50 Å². The van der Waals surface area contributed by atoms with Gasteiger partial charge in [0.15, 0.2) is 0 Å². The lowest BCUT2D eigenvalue weighted by molar-refractivity contribution is 0.187. The van der Waals surface area contributed by atoms with E-state index < -0.39 is 5.82 Å². The van der Waals surface area contributed by atoms with Crippen molar-refractivity contribution in [1.29, 1.82) is 5.26 Å². The van der Waals surface area contributed by atoms with Crippen LogP contribution in [0.2, 0.25) is 0 Å². The number of rotatable bonds is 4. The smallest absolute Gasteiger partial charge is 0.124 e. The van der Waals surface area contributed by atoms with Crippen LogP contribution in [0.25, 0.3) is 0 Å². The first-order valence-corrected chi connectivity index (χ1v) is 5.13. The van der Waals surface area contributed by atoms with E-state index in [9.17, 15) is 4.39 Å². The minimum atomic E-state index is -0.413. The summed E-state index contributed by atoms with van der Waals surface area (Å²) >= 11 is 0. The normalized spacial score (nSPS) is 11.9. The van der Waals surface area contributed by atoms with E-state index in [1.807, 2.05) is 18.0 Å². The summed E-state index contributed by atoms with van der Waals surface area (Å²) in [6.45, 7) is 2.34. The molecular weight excluding hydrogens is 207 g/mol. The minimum Gasteiger partial charge on any atom is -0.393 e. The van der Waals surface area contributed by atoms with Crippen molar-refractivity contribution in [3.8, 4) is 6.07 Å². The van der Waals surface area contributed by atoms with Crippen LogP contribution in [0, 0.1) is 17.1 Å². The van der Waals surface area contributed by atoms with E-state index in [4.69, 9.17) is 10.4 Å². The molecule has 1 rings (SSSR count). The molecule has 0 saturated heterocycles. The fourth-order valence-corrected chi connectivity index (χ4v) is 1.43. The molecule has 0 saturated carbocycles. The molecule has 1 aromatic rings. The van der Waals surface area contributed by atoms with E-state index in [1.165, 1.54) is 12.1 Å². The number of benzene rings is 1. The third-order valence-corrected chi connectivity index (χ3v) is 2.37. The summed E-state index contributed by atoms with van der Waals surface area (Å²) in [5.41, 5.74) is 0.998. The summed E-state index contributed by atoms with van der Waals surface area (Å²) in [5, 5.41) is 18.0. The molecule has 0 aromatic heterocycles. The Morgan fingerprint density at radius 1 is 1.56 bits per heavy atom. The maximum absolute atomic E-state index is 12.9. The first-order valence-electron chi connectivity index (χ1n) is 5.13. The number of nitriles is 1. The Kier molecular flexibility index (Phi) is 4.27. The van der Waals surface area contributed by atoms with Crippen LogP contribution in [0.3, 0.4) is 0 Å². The van der Waals surface area contributed by atoms with E-state index in [-0.39, 0.29) is 6.10 Å². The second-order valence-corrected chi connectivity index (χ2v) is 3.83. The first-order chi connectivity index (χ1) is 7.54. The van der Waals surface area contributed by atoms with Gasteiger partial charge in [0.25, 0.3) is 0 Å². The number of hydrogen-bond acceptors (Lipinski definition) is 3. The van der Waals surface area contributed by atoms with Gasteiger partial charge in [-0.15, -0.1) is 0 Å². The zero-order valence-corrected chi connectivity index (χ0v) is 9.44. The van der Waals surface area contributed by atoms with Gasteiger partial charge >= 0.3 is 0 Å². The zero-order valence-electron chi connectivity index (χ0n) is 9.44. The van der Waals surface area contributed by atoms with Gasteiger partial charge < -0.3 is 10.0 Å². The van der Waals surface area contributed by atoms with Gasteiger partial charge in [0.05, 0.1) is 17.4 Å². The average Bonchev–Trinajstić information content (AvgIpc) is 2.25. The van der Waals surface area contributed by atoms with Gasteiger partial charge in [0.2, 0.25) is 0 Å². The Labute approximate surface area is 94.7 Å². The molecule has 0 spiro atoms. The maximum Gasteiger partial charge on any atom is 0.124 e. The third kappa shape index (κ3) is 3.21. The molecule has 3 nitrogen and oxygen atoms in total. The van der Waals surface area contributed by atoms with Crippen molar-refractivity contribution in [3.63, 3.8) is 0 Å². The molecular formula is C12H15FN2O. The zero-order chi connectivity index (χ0) is 12.1. The van der Waals surface area contributed by atoms with Crippen molar-refractivity contribution in [2.24, 2.45) is 0 Å². The molecule has 0 heterocycles. The second kappa shape index (κ2) is 5.47. The summed E-state index contributed by atoms with van der Waals surface area (Å²) < 4.78 is 12.9. The predicted octanol–water partition coefficient (Wildman–Crippen LogP) is 1.90. The number of aliphatic hydroxyl groups excluding tert-OH is 1. The Morgan fingerprint density at radius 3 is 2.81 bits per heavy atom. The van der Waals surface area contributed by atoms with Gasteiger partial charge in [-0.2, -0.15) is 5.26 Å². The Bertz CT molecular complexity index is 398. The second-order valence-electron chi connectivity index (χ2n) is 3.83. The number of aliphatic hydroxyl groups is 1. The molecule has 0 aliphatic carbocycles. The highest BCUT2D eigenvalue weighted by molar-refractivity contribution is 5.58. The highest BCUT2D eigenvalue weighted by Gasteiger charge is 2.09. The van der Waals surface area contributed by atoms with Gasteiger partial charge in [-0.3, -0.25) is 0 Å². The molecule has 0 aliphatic heterocycles. The number of hydrogen-bond donors (Lipinski definition) is 1. The van der Waals surface area contributed by atoms with Crippen LogP contribution in [0.4, 0.5) is 10.1 Å². The van der Waals surface area contributed by atoms with E-state index >= 15 is 0 Å². The summed E-state index contributed by atoms with van der Waals surface area (Å²) in [6, 6.07) is 6.08. The summed E-state index contributed by atoms with van der Waals surface area (Å²) in [7, 11) is 1.82. The van der Waals surface area contributed by atoms with Crippen LogP contribution in [-0.2, 0) is 0 Å². The molecule has 0 amide bonds. The van der Waals surface area contributed by atoms with Crippen LogP contribution in [0.1, 0.15) is 18.9 Å². The minimum absolute atomic E-state index is 0.313. The quantitative estimate of drug-likeness (QED) is 0.846. The summed E-state index contributed by atoms with van der Waals surface area (Å²) in [6.07, 6.45) is 0.229.